The van der Waals surface area contributed by atoms with Gasteiger partial charge in [-0.1, -0.05) is 20.8 Å². The van der Waals surface area contributed by atoms with Gasteiger partial charge in [0, 0.05) is 31.5 Å². The minimum atomic E-state index is 0.544. The van der Waals surface area contributed by atoms with E-state index >= 15 is 0 Å². The molecule has 0 spiro atoms. The van der Waals surface area contributed by atoms with E-state index in [0.717, 1.165) is 19.0 Å². The van der Waals surface area contributed by atoms with Gasteiger partial charge >= 0.3 is 0 Å². The van der Waals surface area contributed by atoms with Gasteiger partial charge in [0.15, 0.2) is 0 Å². The maximum Gasteiger partial charge on any atom is 0.0946 e. The van der Waals surface area contributed by atoms with Gasteiger partial charge < -0.3 is 9.88 Å². The van der Waals surface area contributed by atoms with Gasteiger partial charge in [0.2, 0.25) is 0 Å². The average molecular weight is 235 g/mol. The standard InChI is InChI=1S/C14H25N3/c1-12-10-14(2,3)5-4-13(12)16-7-9-17-8-6-15-11-17/h6,8,11-13,16H,4-5,7,9-10H2,1-3H3. The molecule has 17 heavy (non-hydrogen) atoms. The Morgan fingerprint density at radius 1 is 1.47 bits per heavy atom. The zero-order valence-electron chi connectivity index (χ0n) is 11.3. The van der Waals surface area contributed by atoms with Crippen molar-refractivity contribution in [1.29, 1.82) is 0 Å². The van der Waals surface area contributed by atoms with Gasteiger partial charge in [0.1, 0.15) is 0 Å². The van der Waals surface area contributed by atoms with E-state index in [1.165, 1.54) is 19.3 Å². The van der Waals surface area contributed by atoms with Gasteiger partial charge in [-0.2, -0.15) is 0 Å². The lowest BCUT2D eigenvalue weighted by Crippen LogP contribution is -2.42. The zero-order chi connectivity index (χ0) is 12.3. The molecule has 0 bridgehead atoms. The molecule has 1 N–H and O–H groups in total. The van der Waals surface area contributed by atoms with E-state index in [0.29, 0.717) is 11.5 Å². The quantitative estimate of drug-likeness (QED) is 0.869. The second kappa shape index (κ2) is 5.21. The molecule has 2 rings (SSSR count). The highest BCUT2D eigenvalue weighted by Crippen LogP contribution is 2.38. The Bertz CT molecular complexity index is 329. The Morgan fingerprint density at radius 2 is 2.29 bits per heavy atom. The Hall–Kier alpha value is -0.830. The molecule has 1 heterocycles. The Balaban J connectivity index is 1.73. The Labute approximate surface area is 105 Å². The summed E-state index contributed by atoms with van der Waals surface area (Å²) in [5.41, 5.74) is 0.544. The minimum Gasteiger partial charge on any atom is -0.336 e. The summed E-state index contributed by atoms with van der Waals surface area (Å²) in [6, 6.07) is 0.701. The lowest BCUT2D eigenvalue weighted by atomic mass is 9.70. The van der Waals surface area contributed by atoms with Crippen molar-refractivity contribution in [3.8, 4) is 0 Å². The zero-order valence-corrected chi connectivity index (χ0v) is 11.3. The van der Waals surface area contributed by atoms with E-state index in [9.17, 15) is 0 Å². The number of nitrogens with zero attached hydrogens (tertiary/aromatic N) is 2. The summed E-state index contributed by atoms with van der Waals surface area (Å²) < 4.78 is 2.13. The van der Waals surface area contributed by atoms with Crippen LogP contribution in [0.15, 0.2) is 18.7 Å². The van der Waals surface area contributed by atoms with Gasteiger partial charge in [0.05, 0.1) is 6.33 Å². The van der Waals surface area contributed by atoms with Crippen LogP contribution in [0.1, 0.15) is 40.0 Å². The molecule has 1 aromatic rings. The second-order valence-electron chi connectivity index (χ2n) is 6.25. The Kier molecular flexibility index (Phi) is 3.87. The third kappa shape index (κ3) is 3.56. The molecule has 0 aliphatic heterocycles. The van der Waals surface area contributed by atoms with Crippen molar-refractivity contribution in [2.75, 3.05) is 6.54 Å². The molecule has 3 heteroatoms. The van der Waals surface area contributed by atoms with Crippen LogP contribution in [-0.4, -0.2) is 22.1 Å². The van der Waals surface area contributed by atoms with Crippen LogP contribution in [0.2, 0.25) is 0 Å². The fourth-order valence-electron chi connectivity index (χ4n) is 3.05. The van der Waals surface area contributed by atoms with Crippen molar-refractivity contribution in [3.05, 3.63) is 18.7 Å². The molecule has 1 fully saturated rings. The van der Waals surface area contributed by atoms with Crippen LogP contribution >= 0.6 is 0 Å². The number of nitrogens with one attached hydrogen (secondary N) is 1. The first-order valence-corrected chi connectivity index (χ1v) is 6.76. The first-order valence-electron chi connectivity index (χ1n) is 6.76. The van der Waals surface area contributed by atoms with Crippen LogP contribution in [0.25, 0.3) is 0 Å². The average Bonchev–Trinajstić information content (AvgIpc) is 2.73. The molecule has 1 aliphatic carbocycles. The summed E-state index contributed by atoms with van der Waals surface area (Å²) in [6.45, 7) is 9.24. The largest absolute Gasteiger partial charge is 0.336 e. The van der Waals surface area contributed by atoms with Gasteiger partial charge in [-0.25, -0.2) is 4.98 Å². The summed E-state index contributed by atoms with van der Waals surface area (Å²) >= 11 is 0. The van der Waals surface area contributed by atoms with Crippen LogP contribution in [0.3, 0.4) is 0 Å². The smallest absolute Gasteiger partial charge is 0.0946 e. The van der Waals surface area contributed by atoms with Gasteiger partial charge in [-0.3, -0.25) is 0 Å². The van der Waals surface area contributed by atoms with Crippen molar-refractivity contribution in [2.45, 2.75) is 52.6 Å². The molecular formula is C14H25N3. The lowest BCUT2D eigenvalue weighted by molar-refractivity contribution is 0.148. The first-order chi connectivity index (χ1) is 8.07. The number of hydrogen-bond acceptors (Lipinski definition) is 2. The molecule has 1 aliphatic rings. The van der Waals surface area contributed by atoms with Crippen LogP contribution in [0, 0.1) is 11.3 Å². The van der Waals surface area contributed by atoms with Crippen LogP contribution in [0.4, 0.5) is 0 Å². The number of aromatic nitrogens is 2. The summed E-state index contributed by atoms with van der Waals surface area (Å²) in [5.74, 6) is 0.793. The molecule has 1 saturated carbocycles. The normalized spacial score (nSPS) is 28.2. The van der Waals surface area contributed by atoms with Crippen molar-refractivity contribution in [2.24, 2.45) is 11.3 Å². The van der Waals surface area contributed by atoms with E-state index in [1.54, 1.807) is 0 Å². The SMILES string of the molecule is CC1CC(C)(C)CCC1NCCn1ccnc1. The topological polar surface area (TPSA) is 29.9 Å². The van der Waals surface area contributed by atoms with Crippen molar-refractivity contribution in [3.63, 3.8) is 0 Å². The third-order valence-electron chi connectivity index (χ3n) is 4.03. The number of imidazole rings is 1. The summed E-state index contributed by atoms with van der Waals surface area (Å²) in [5, 5.41) is 3.70. The van der Waals surface area contributed by atoms with Crippen molar-refractivity contribution >= 4 is 0 Å². The predicted molar refractivity (Wildman–Crippen MR) is 70.8 cm³/mol. The van der Waals surface area contributed by atoms with E-state index in [2.05, 4.69) is 35.6 Å². The molecule has 0 saturated heterocycles. The molecule has 0 aromatic carbocycles. The Morgan fingerprint density at radius 3 is 2.94 bits per heavy atom. The first kappa shape index (κ1) is 12.6. The molecule has 0 amide bonds. The highest BCUT2D eigenvalue weighted by molar-refractivity contribution is 4.86. The molecule has 2 unspecified atom stereocenters. The van der Waals surface area contributed by atoms with Crippen molar-refractivity contribution < 1.29 is 0 Å². The third-order valence-corrected chi connectivity index (χ3v) is 4.03. The van der Waals surface area contributed by atoms with Crippen LogP contribution < -0.4 is 5.32 Å². The summed E-state index contributed by atoms with van der Waals surface area (Å²) in [6.07, 6.45) is 9.75. The number of rotatable bonds is 4. The fraction of sp³-hybridized carbons (Fsp3) is 0.786. The summed E-state index contributed by atoms with van der Waals surface area (Å²) in [4.78, 5) is 4.06. The van der Waals surface area contributed by atoms with E-state index in [4.69, 9.17) is 0 Å². The molecule has 3 nitrogen and oxygen atoms in total. The van der Waals surface area contributed by atoms with E-state index < -0.39 is 0 Å². The molecule has 1 aromatic heterocycles. The van der Waals surface area contributed by atoms with Crippen LogP contribution in [0.5, 0.6) is 0 Å². The van der Waals surface area contributed by atoms with E-state index in [-0.39, 0.29) is 0 Å². The predicted octanol–water partition coefficient (Wildman–Crippen LogP) is 2.69. The highest BCUT2D eigenvalue weighted by atomic mass is 15.0. The maximum absolute atomic E-state index is 4.06. The highest BCUT2D eigenvalue weighted by Gasteiger charge is 2.31. The second-order valence-corrected chi connectivity index (χ2v) is 6.25. The van der Waals surface area contributed by atoms with Gasteiger partial charge in [-0.15, -0.1) is 0 Å². The molecule has 0 radical (unpaired) electrons. The van der Waals surface area contributed by atoms with E-state index in [1.807, 2.05) is 18.7 Å². The van der Waals surface area contributed by atoms with Gasteiger partial charge in [-0.05, 0) is 30.6 Å². The van der Waals surface area contributed by atoms with Gasteiger partial charge in [0.25, 0.3) is 0 Å². The lowest BCUT2D eigenvalue weighted by Gasteiger charge is -2.39. The van der Waals surface area contributed by atoms with Crippen LogP contribution in [-0.2, 0) is 6.54 Å². The molecular weight excluding hydrogens is 210 g/mol. The molecule has 96 valence electrons. The van der Waals surface area contributed by atoms with Crippen molar-refractivity contribution in [1.82, 2.24) is 14.9 Å². The fourth-order valence-corrected chi connectivity index (χ4v) is 3.05. The maximum atomic E-state index is 4.06. The number of hydrogen-bond donors (Lipinski definition) is 1. The molecule has 2 atom stereocenters. The monoisotopic (exact) mass is 235 g/mol. The summed E-state index contributed by atoms with van der Waals surface area (Å²) in [7, 11) is 0. The minimum absolute atomic E-state index is 0.544.